The zero-order valence-electron chi connectivity index (χ0n) is 15.2. The van der Waals surface area contributed by atoms with Gasteiger partial charge in [0.1, 0.15) is 11.6 Å². The maximum Gasteiger partial charge on any atom is 0.279 e. The molecule has 1 aromatic heterocycles. The van der Waals surface area contributed by atoms with Crippen LogP contribution in [0.5, 0.6) is 0 Å². The molecule has 1 aliphatic rings. The first-order valence-electron chi connectivity index (χ1n) is 8.86. The number of carbonyl (C=O) groups is 1. The fourth-order valence-corrected chi connectivity index (χ4v) is 4.29. The lowest BCUT2D eigenvalue weighted by Gasteiger charge is -2.27. The molecule has 1 atom stereocenters. The molecular weight excluding hydrogens is 377 g/mol. The minimum Gasteiger partial charge on any atom is -0.312 e. The summed E-state index contributed by atoms with van der Waals surface area (Å²) in [4.78, 5) is 29.4. The van der Waals surface area contributed by atoms with Crippen LogP contribution in [0.2, 0.25) is 0 Å². The van der Waals surface area contributed by atoms with E-state index in [1.54, 1.807) is 23.7 Å². The minimum absolute atomic E-state index is 0.131. The summed E-state index contributed by atoms with van der Waals surface area (Å²) in [5, 5.41) is 3.35. The second kappa shape index (κ2) is 7.59. The highest BCUT2D eigenvalue weighted by Crippen LogP contribution is 2.36. The third-order valence-electron chi connectivity index (χ3n) is 4.78. The molecular formula is C21H18FN3O2S. The van der Waals surface area contributed by atoms with Crippen molar-refractivity contribution in [1.82, 2.24) is 9.55 Å². The van der Waals surface area contributed by atoms with Crippen molar-refractivity contribution < 1.29 is 9.18 Å². The Morgan fingerprint density at radius 2 is 1.86 bits per heavy atom. The standard InChI is InChI=1S/C21H18FN3O2S/c1-25-19-18(16(11-17(26)23-19)14-7-9-15(22)10-8-14)20(27)24-21(25)28-12-13-5-3-2-4-6-13/h2-10,16H,11-12H2,1H3,(H,23,26). The number of hydrogen-bond acceptors (Lipinski definition) is 4. The Kier molecular flexibility index (Phi) is 5.00. The van der Waals surface area contributed by atoms with Gasteiger partial charge in [0.2, 0.25) is 5.91 Å². The quantitative estimate of drug-likeness (QED) is 0.541. The normalized spacial score (nSPS) is 15.8. The fourth-order valence-electron chi connectivity index (χ4n) is 3.37. The maximum absolute atomic E-state index is 13.3. The van der Waals surface area contributed by atoms with Gasteiger partial charge in [-0.25, -0.2) is 4.39 Å². The number of amides is 1. The second-order valence-corrected chi connectivity index (χ2v) is 7.59. The van der Waals surface area contributed by atoms with E-state index in [1.807, 2.05) is 30.3 Å². The highest BCUT2D eigenvalue weighted by atomic mass is 32.2. The van der Waals surface area contributed by atoms with Gasteiger partial charge in [-0.15, -0.1) is 0 Å². The Bertz CT molecular complexity index is 1080. The average molecular weight is 395 g/mol. The monoisotopic (exact) mass is 395 g/mol. The molecule has 4 rings (SSSR count). The number of aromatic nitrogens is 2. The Hall–Kier alpha value is -2.93. The molecule has 1 amide bonds. The van der Waals surface area contributed by atoms with E-state index in [0.717, 1.165) is 11.1 Å². The zero-order valence-corrected chi connectivity index (χ0v) is 16.0. The van der Waals surface area contributed by atoms with Gasteiger partial charge in [-0.3, -0.25) is 9.59 Å². The van der Waals surface area contributed by atoms with E-state index < -0.39 is 5.92 Å². The van der Waals surface area contributed by atoms with E-state index in [9.17, 15) is 14.0 Å². The molecule has 3 aromatic rings. The van der Waals surface area contributed by atoms with Gasteiger partial charge in [-0.05, 0) is 23.3 Å². The first-order valence-corrected chi connectivity index (χ1v) is 9.84. The van der Waals surface area contributed by atoms with E-state index in [2.05, 4.69) is 10.3 Å². The Morgan fingerprint density at radius 3 is 2.57 bits per heavy atom. The molecule has 28 heavy (non-hydrogen) atoms. The van der Waals surface area contributed by atoms with Crippen molar-refractivity contribution >= 4 is 23.5 Å². The summed E-state index contributed by atoms with van der Waals surface area (Å²) in [5.41, 5.74) is 1.92. The highest BCUT2D eigenvalue weighted by Gasteiger charge is 2.32. The smallest absolute Gasteiger partial charge is 0.279 e. The largest absolute Gasteiger partial charge is 0.312 e. The van der Waals surface area contributed by atoms with Gasteiger partial charge in [0.15, 0.2) is 5.16 Å². The predicted octanol–water partition coefficient (Wildman–Crippen LogP) is 3.69. The van der Waals surface area contributed by atoms with Crippen LogP contribution in [0.15, 0.2) is 64.5 Å². The molecule has 0 aliphatic carbocycles. The molecule has 142 valence electrons. The summed E-state index contributed by atoms with van der Waals surface area (Å²) in [7, 11) is 1.78. The molecule has 0 saturated carbocycles. The van der Waals surface area contributed by atoms with Gasteiger partial charge in [0.25, 0.3) is 5.56 Å². The first-order chi connectivity index (χ1) is 13.5. The number of benzene rings is 2. The molecule has 1 unspecified atom stereocenters. The number of hydrogen-bond donors (Lipinski definition) is 1. The molecule has 0 radical (unpaired) electrons. The molecule has 5 nitrogen and oxygen atoms in total. The van der Waals surface area contributed by atoms with E-state index in [0.29, 0.717) is 22.3 Å². The molecule has 2 aromatic carbocycles. The van der Waals surface area contributed by atoms with Crippen LogP contribution in [0.1, 0.15) is 29.0 Å². The number of halogens is 1. The summed E-state index contributed by atoms with van der Waals surface area (Å²) < 4.78 is 15.0. The van der Waals surface area contributed by atoms with Crippen LogP contribution in [0.4, 0.5) is 10.2 Å². The number of rotatable bonds is 4. The van der Waals surface area contributed by atoms with Crippen LogP contribution in [-0.2, 0) is 17.6 Å². The topological polar surface area (TPSA) is 64.0 Å². The van der Waals surface area contributed by atoms with Gasteiger partial charge in [-0.2, -0.15) is 4.98 Å². The van der Waals surface area contributed by atoms with Crippen molar-refractivity contribution in [3.8, 4) is 0 Å². The summed E-state index contributed by atoms with van der Waals surface area (Å²) in [6.45, 7) is 0. The van der Waals surface area contributed by atoms with E-state index >= 15 is 0 Å². The number of thioether (sulfide) groups is 1. The highest BCUT2D eigenvalue weighted by molar-refractivity contribution is 7.98. The van der Waals surface area contributed by atoms with E-state index in [4.69, 9.17) is 0 Å². The first kappa shape index (κ1) is 18.4. The van der Waals surface area contributed by atoms with Crippen LogP contribution >= 0.6 is 11.8 Å². The van der Waals surface area contributed by atoms with Crippen LogP contribution < -0.4 is 10.9 Å². The molecule has 0 bridgehead atoms. The molecule has 1 N–H and O–H groups in total. The maximum atomic E-state index is 13.3. The lowest BCUT2D eigenvalue weighted by molar-refractivity contribution is -0.116. The molecule has 0 spiro atoms. The molecule has 1 aliphatic heterocycles. The molecule has 0 saturated heterocycles. The van der Waals surface area contributed by atoms with Gasteiger partial charge in [0.05, 0.1) is 5.56 Å². The third-order valence-corrected chi connectivity index (χ3v) is 5.89. The zero-order chi connectivity index (χ0) is 19.7. The summed E-state index contributed by atoms with van der Waals surface area (Å²) in [6.07, 6.45) is 0.131. The van der Waals surface area contributed by atoms with Crippen LogP contribution in [-0.4, -0.2) is 15.5 Å². The lowest BCUT2D eigenvalue weighted by atomic mass is 9.87. The number of nitrogens with one attached hydrogen (secondary N) is 1. The summed E-state index contributed by atoms with van der Waals surface area (Å²) in [5.74, 6) is 0.143. The number of anilines is 1. The summed E-state index contributed by atoms with van der Waals surface area (Å²) in [6, 6.07) is 15.8. The van der Waals surface area contributed by atoms with Crippen molar-refractivity contribution in [2.24, 2.45) is 7.05 Å². The van der Waals surface area contributed by atoms with Gasteiger partial charge in [0, 0.05) is 25.1 Å². The average Bonchev–Trinajstić information content (AvgIpc) is 2.70. The van der Waals surface area contributed by atoms with Crippen molar-refractivity contribution in [3.63, 3.8) is 0 Å². The van der Waals surface area contributed by atoms with Gasteiger partial charge >= 0.3 is 0 Å². The minimum atomic E-state index is -0.441. The van der Waals surface area contributed by atoms with E-state index in [1.165, 1.54) is 23.9 Å². The summed E-state index contributed by atoms with van der Waals surface area (Å²) >= 11 is 1.44. The van der Waals surface area contributed by atoms with Crippen LogP contribution in [0.25, 0.3) is 0 Å². The van der Waals surface area contributed by atoms with Crippen LogP contribution in [0.3, 0.4) is 0 Å². The predicted molar refractivity (Wildman–Crippen MR) is 107 cm³/mol. The van der Waals surface area contributed by atoms with Crippen LogP contribution in [0, 0.1) is 5.82 Å². The number of carbonyl (C=O) groups excluding carboxylic acids is 1. The number of nitrogens with zero attached hydrogens (tertiary/aromatic N) is 2. The Labute approximate surface area is 165 Å². The van der Waals surface area contributed by atoms with Crippen molar-refractivity contribution in [2.75, 3.05) is 5.32 Å². The van der Waals surface area contributed by atoms with Gasteiger partial charge in [-0.1, -0.05) is 54.2 Å². The lowest BCUT2D eigenvalue weighted by Crippen LogP contribution is -2.33. The van der Waals surface area contributed by atoms with Gasteiger partial charge < -0.3 is 9.88 Å². The molecule has 2 heterocycles. The fraction of sp³-hybridized carbons (Fsp3) is 0.190. The Morgan fingerprint density at radius 1 is 1.14 bits per heavy atom. The molecule has 7 heteroatoms. The van der Waals surface area contributed by atoms with E-state index in [-0.39, 0.29) is 23.7 Å². The van der Waals surface area contributed by atoms with Crippen molar-refractivity contribution in [3.05, 3.63) is 87.5 Å². The van der Waals surface area contributed by atoms with Crippen molar-refractivity contribution in [2.45, 2.75) is 23.2 Å². The third kappa shape index (κ3) is 3.57. The number of fused-ring (bicyclic) bond motifs is 1. The SMILES string of the molecule is Cn1c(SCc2ccccc2)nc(=O)c2c1NC(=O)CC2c1ccc(F)cc1. The van der Waals surface area contributed by atoms with Crippen molar-refractivity contribution in [1.29, 1.82) is 0 Å². The second-order valence-electron chi connectivity index (χ2n) is 6.65. The molecule has 0 fully saturated rings. The Balaban J connectivity index is 1.72.